The van der Waals surface area contributed by atoms with Gasteiger partial charge in [0.1, 0.15) is 17.5 Å². The van der Waals surface area contributed by atoms with Crippen LogP contribution in [0.5, 0.6) is 0 Å². The maximum Gasteiger partial charge on any atom is 0.488 e. The molecule has 2 N–H and O–H groups in total. The zero-order valence-electron chi connectivity index (χ0n) is 10.1. The topological polar surface area (TPSA) is 71.2 Å². The molecule has 0 saturated heterocycles. The highest BCUT2D eigenvalue weighted by molar-refractivity contribution is 6.58. The first-order chi connectivity index (χ1) is 8.47. The van der Waals surface area contributed by atoms with E-state index in [-0.39, 0.29) is 12.0 Å². The summed E-state index contributed by atoms with van der Waals surface area (Å²) in [5.74, 6) is 0.849. The van der Waals surface area contributed by atoms with Gasteiger partial charge in [-0.3, -0.25) is 0 Å². The Hall–Kier alpha value is -1.73. The molecule has 0 bridgehead atoms. The number of hydrogen-bond acceptors (Lipinski definition) is 4. The fraction of sp³-hybridized carbons (Fsp3) is 0.273. The van der Waals surface area contributed by atoms with Gasteiger partial charge in [0.2, 0.25) is 0 Å². The van der Waals surface area contributed by atoms with Gasteiger partial charge in [0.25, 0.3) is 0 Å². The molecule has 0 spiro atoms. The van der Waals surface area contributed by atoms with Crippen LogP contribution in [0.2, 0.25) is 0 Å². The third kappa shape index (κ3) is 2.57. The summed E-state index contributed by atoms with van der Waals surface area (Å²) in [5.41, 5.74) is 0.551. The van der Waals surface area contributed by atoms with Gasteiger partial charge in [0, 0.05) is 5.56 Å². The highest BCUT2D eigenvalue weighted by atomic mass is 19.1. The summed E-state index contributed by atoms with van der Waals surface area (Å²) in [7, 11) is -1.66. The normalized spacial score (nSPS) is 10.7. The zero-order chi connectivity index (χ0) is 13.3. The summed E-state index contributed by atoms with van der Waals surface area (Å²) >= 11 is 0. The lowest BCUT2D eigenvalue weighted by molar-refractivity contribution is 0.425. The zero-order valence-corrected chi connectivity index (χ0v) is 10.1. The Morgan fingerprint density at radius 1 is 1.33 bits per heavy atom. The van der Waals surface area contributed by atoms with E-state index in [0.29, 0.717) is 17.2 Å². The Kier molecular flexibility index (Phi) is 3.44. The van der Waals surface area contributed by atoms with E-state index >= 15 is 0 Å². The molecule has 0 atom stereocenters. The first-order valence-electron chi connectivity index (χ1n) is 5.50. The summed E-state index contributed by atoms with van der Waals surface area (Å²) in [6.45, 7) is 3.83. The van der Waals surface area contributed by atoms with E-state index in [0.717, 1.165) is 6.07 Å². The fourth-order valence-electron chi connectivity index (χ4n) is 1.72. The van der Waals surface area contributed by atoms with Gasteiger partial charge in [-0.2, -0.15) is 5.10 Å². The molecule has 0 unspecified atom stereocenters. The van der Waals surface area contributed by atoms with E-state index in [1.54, 1.807) is 18.5 Å². The Balaban J connectivity index is 2.27. The monoisotopic (exact) mass is 249 g/mol. The maximum absolute atomic E-state index is 13.8. The highest BCUT2D eigenvalue weighted by Gasteiger charge is 2.14. The lowest BCUT2D eigenvalue weighted by Gasteiger charge is -2.07. The predicted molar refractivity (Wildman–Crippen MR) is 64.8 cm³/mol. The molecule has 1 heterocycles. The molecular weight excluding hydrogens is 236 g/mol. The minimum atomic E-state index is -1.66. The summed E-state index contributed by atoms with van der Waals surface area (Å²) in [6.07, 6.45) is 0. The van der Waals surface area contributed by atoms with Crippen LogP contribution in [0.1, 0.15) is 17.2 Å². The van der Waals surface area contributed by atoms with Crippen molar-refractivity contribution in [1.29, 1.82) is 0 Å². The quantitative estimate of drug-likeness (QED) is 0.736. The van der Waals surface area contributed by atoms with Gasteiger partial charge in [0.05, 0.1) is 6.54 Å². The Morgan fingerprint density at radius 3 is 2.56 bits per heavy atom. The molecular formula is C11H13BFN3O2. The SMILES string of the molecule is Cc1nc(C)n(Cc2ccc(B(O)O)cc2F)n1. The standard InChI is InChI=1S/C11H13BFN3O2/c1-7-14-8(2)16(15-7)6-9-3-4-10(12(17)18)5-11(9)13/h3-5,17-18H,6H2,1-2H3. The van der Waals surface area contributed by atoms with E-state index in [9.17, 15) is 4.39 Å². The van der Waals surface area contributed by atoms with Crippen molar-refractivity contribution in [2.45, 2.75) is 20.4 Å². The minimum Gasteiger partial charge on any atom is -0.423 e. The second kappa shape index (κ2) is 4.87. The van der Waals surface area contributed by atoms with Crippen LogP contribution in [0.3, 0.4) is 0 Å². The molecule has 18 heavy (non-hydrogen) atoms. The largest absolute Gasteiger partial charge is 0.488 e. The number of halogens is 1. The maximum atomic E-state index is 13.8. The molecule has 0 amide bonds. The Bertz CT molecular complexity index is 571. The van der Waals surface area contributed by atoms with Crippen molar-refractivity contribution in [2.75, 3.05) is 0 Å². The van der Waals surface area contributed by atoms with Crippen molar-refractivity contribution in [3.63, 3.8) is 0 Å². The third-order valence-electron chi connectivity index (χ3n) is 2.66. The number of rotatable bonds is 3. The van der Waals surface area contributed by atoms with Crippen LogP contribution >= 0.6 is 0 Å². The Labute approximate surface area is 104 Å². The van der Waals surface area contributed by atoms with Crippen LogP contribution in [-0.4, -0.2) is 31.9 Å². The molecule has 5 nitrogen and oxygen atoms in total. The summed E-state index contributed by atoms with van der Waals surface area (Å²) in [4.78, 5) is 4.13. The summed E-state index contributed by atoms with van der Waals surface area (Å²) in [6, 6.07) is 4.10. The first kappa shape index (κ1) is 12.7. The molecule has 2 rings (SSSR count). The molecule has 7 heteroatoms. The van der Waals surface area contributed by atoms with Gasteiger partial charge >= 0.3 is 7.12 Å². The van der Waals surface area contributed by atoms with Crippen molar-refractivity contribution in [1.82, 2.24) is 14.8 Å². The molecule has 0 fully saturated rings. The van der Waals surface area contributed by atoms with Crippen molar-refractivity contribution in [2.24, 2.45) is 0 Å². The third-order valence-corrected chi connectivity index (χ3v) is 2.66. The van der Waals surface area contributed by atoms with Crippen LogP contribution in [0, 0.1) is 19.7 Å². The smallest absolute Gasteiger partial charge is 0.423 e. The van der Waals surface area contributed by atoms with E-state index < -0.39 is 12.9 Å². The minimum absolute atomic E-state index is 0.128. The average molecular weight is 249 g/mol. The molecule has 0 aliphatic heterocycles. The van der Waals surface area contributed by atoms with Crippen LogP contribution in [0.25, 0.3) is 0 Å². The van der Waals surface area contributed by atoms with Crippen molar-refractivity contribution in [3.8, 4) is 0 Å². The first-order valence-corrected chi connectivity index (χ1v) is 5.50. The van der Waals surface area contributed by atoms with Gasteiger partial charge < -0.3 is 10.0 Å². The molecule has 0 saturated carbocycles. The predicted octanol–water partition coefficient (Wildman–Crippen LogP) is -0.238. The number of nitrogens with zero attached hydrogens (tertiary/aromatic N) is 3. The average Bonchev–Trinajstić information content (AvgIpc) is 2.60. The van der Waals surface area contributed by atoms with Gasteiger partial charge in [-0.15, -0.1) is 0 Å². The molecule has 2 aromatic rings. The second-order valence-corrected chi connectivity index (χ2v) is 4.09. The van der Waals surface area contributed by atoms with Crippen LogP contribution in [-0.2, 0) is 6.54 Å². The number of aryl methyl sites for hydroxylation is 2. The van der Waals surface area contributed by atoms with Crippen LogP contribution < -0.4 is 5.46 Å². The lowest BCUT2D eigenvalue weighted by Crippen LogP contribution is -2.30. The molecule has 0 aliphatic rings. The van der Waals surface area contributed by atoms with Gasteiger partial charge in [-0.1, -0.05) is 12.1 Å². The number of hydrogen-bond donors (Lipinski definition) is 2. The van der Waals surface area contributed by atoms with Crippen LogP contribution in [0.4, 0.5) is 4.39 Å². The molecule has 1 aromatic heterocycles. The lowest BCUT2D eigenvalue weighted by atomic mass is 9.80. The Morgan fingerprint density at radius 2 is 2.06 bits per heavy atom. The number of aromatic nitrogens is 3. The molecule has 0 radical (unpaired) electrons. The van der Waals surface area contributed by atoms with Crippen LogP contribution in [0.15, 0.2) is 18.2 Å². The summed E-state index contributed by atoms with van der Waals surface area (Å²) < 4.78 is 15.4. The highest BCUT2D eigenvalue weighted by Crippen LogP contribution is 2.08. The van der Waals surface area contributed by atoms with E-state index in [4.69, 9.17) is 10.0 Å². The van der Waals surface area contributed by atoms with Gasteiger partial charge in [-0.25, -0.2) is 14.1 Å². The van der Waals surface area contributed by atoms with E-state index in [2.05, 4.69) is 10.1 Å². The second-order valence-electron chi connectivity index (χ2n) is 4.09. The van der Waals surface area contributed by atoms with E-state index in [1.165, 1.54) is 12.1 Å². The fourth-order valence-corrected chi connectivity index (χ4v) is 1.72. The summed E-state index contributed by atoms with van der Waals surface area (Å²) in [5, 5.41) is 22.0. The molecule has 1 aromatic carbocycles. The van der Waals surface area contributed by atoms with Gasteiger partial charge in [0.15, 0.2) is 0 Å². The van der Waals surface area contributed by atoms with Crippen molar-refractivity contribution in [3.05, 3.63) is 41.2 Å². The molecule has 94 valence electrons. The van der Waals surface area contributed by atoms with Crippen molar-refractivity contribution >= 4 is 12.6 Å². The van der Waals surface area contributed by atoms with Crippen molar-refractivity contribution < 1.29 is 14.4 Å². The van der Waals surface area contributed by atoms with Gasteiger partial charge in [-0.05, 0) is 25.4 Å². The van der Waals surface area contributed by atoms with E-state index in [1.807, 2.05) is 0 Å². The number of benzene rings is 1. The molecule has 0 aliphatic carbocycles.